The number of carbonyl (C=O) groups is 1. The van der Waals surface area contributed by atoms with Crippen LogP contribution >= 0.6 is 0 Å². The highest BCUT2D eigenvalue weighted by molar-refractivity contribution is 7.89. The second-order valence-electron chi connectivity index (χ2n) is 9.80. The van der Waals surface area contributed by atoms with Crippen molar-refractivity contribution in [2.24, 2.45) is 0 Å². The molecule has 2 aromatic carbocycles. The van der Waals surface area contributed by atoms with Crippen LogP contribution < -0.4 is 9.46 Å². The molecule has 2 heterocycles. The summed E-state index contributed by atoms with van der Waals surface area (Å²) in [4.78, 5) is 19.5. The number of aromatic nitrogens is 1. The number of carbonyl (C=O) groups excluding carboxylic acids is 1. The van der Waals surface area contributed by atoms with E-state index in [9.17, 15) is 17.6 Å². The number of fused-ring (bicyclic) bond motifs is 1. The second kappa shape index (κ2) is 10.6. The molecular formula is C28H32FN3O4S. The molecule has 4 rings (SSSR count). The van der Waals surface area contributed by atoms with Gasteiger partial charge in [-0.05, 0) is 68.7 Å². The number of aryl methyl sites for hydroxylation is 1. The van der Waals surface area contributed by atoms with Crippen LogP contribution in [0.4, 0.5) is 4.39 Å². The molecule has 0 saturated carbocycles. The Morgan fingerprint density at radius 2 is 1.86 bits per heavy atom. The van der Waals surface area contributed by atoms with Gasteiger partial charge in [0.2, 0.25) is 15.9 Å². The van der Waals surface area contributed by atoms with E-state index in [1.165, 1.54) is 18.3 Å². The SMILES string of the molecule is CCc1ccc(S(=O)(=O)N[C@H]2CC(C)(C)Oc3ncc(C(=O)N(CC)Cc4cccc(F)c4)cc32)cc1. The molecule has 1 aliphatic heterocycles. The van der Waals surface area contributed by atoms with Crippen molar-refractivity contribution < 1.29 is 22.3 Å². The molecule has 0 fully saturated rings. The fourth-order valence-corrected chi connectivity index (χ4v) is 5.67. The van der Waals surface area contributed by atoms with Crippen LogP contribution in [0, 0.1) is 5.82 Å². The van der Waals surface area contributed by atoms with E-state index < -0.39 is 21.7 Å². The van der Waals surface area contributed by atoms with E-state index in [1.807, 2.05) is 27.7 Å². The number of benzene rings is 2. The summed E-state index contributed by atoms with van der Waals surface area (Å²) >= 11 is 0. The van der Waals surface area contributed by atoms with Gasteiger partial charge in [0.1, 0.15) is 11.4 Å². The number of hydrogen-bond acceptors (Lipinski definition) is 5. The topological polar surface area (TPSA) is 88.6 Å². The van der Waals surface area contributed by atoms with Crippen LogP contribution in [0.25, 0.3) is 0 Å². The lowest BCUT2D eigenvalue weighted by Gasteiger charge is -2.37. The minimum atomic E-state index is -3.84. The summed E-state index contributed by atoms with van der Waals surface area (Å²) in [6.45, 7) is 8.22. The van der Waals surface area contributed by atoms with E-state index in [4.69, 9.17) is 4.74 Å². The normalized spacial score (nSPS) is 16.5. The van der Waals surface area contributed by atoms with Crippen molar-refractivity contribution in [3.05, 3.63) is 88.9 Å². The molecule has 0 bridgehead atoms. The van der Waals surface area contributed by atoms with Gasteiger partial charge in [-0.1, -0.05) is 31.2 Å². The van der Waals surface area contributed by atoms with Gasteiger partial charge in [0.15, 0.2) is 0 Å². The van der Waals surface area contributed by atoms with Crippen molar-refractivity contribution in [2.75, 3.05) is 6.54 Å². The van der Waals surface area contributed by atoms with Crippen LogP contribution in [0.3, 0.4) is 0 Å². The summed E-state index contributed by atoms with van der Waals surface area (Å²) in [5.74, 6) is -0.366. The van der Waals surface area contributed by atoms with Crippen molar-refractivity contribution in [1.29, 1.82) is 0 Å². The highest BCUT2D eigenvalue weighted by atomic mass is 32.2. The first-order valence-corrected chi connectivity index (χ1v) is 13.8. The van der Waals surface area contributed by atoms with E-state index in [2.05, 4.69) is 9.71 Å². The number of ether oxygens (including phenoxy) is 1. The molecule has 1 atom stereocenters. The molecule has 0 spiro atoms. The number of hydrogen-bond donors (Lipinski definition) is 1. The lowest BCUT2D eigenvalue weighted by Crippen LogP contribution is -2.42. The Morgan fingerprint density at radius 1 is 1.14 bits per heavy atom. The van der Waals surface area contributed by atoms with Gasteiger partial charge in [0, 0.05) is 31.3 Å². The van der Waals surface area contributed by atoms with E-state index >= 15 is 0 Å². The highest BCUT2D eigenvalue weighted by Crippen LogP contribution is 2.39. The van der Waals surface area contributed by atoms with Crippen LogP contribution in [0.5, 0.6) is 5.88 Å². The fourth-order valence-electron chi connectivity index (χ4n) is 4.46. The molecule has 0 radical (unpaired) electrons. The molecule has 0 aliphatic carbocycles. The van der Waals surface area contributed by atoms with Gasteiger partial charge in [0.05, 0.1) is 16.5 Å². The smallest absolute Gasteiger partial charge is 0.255 e. The summed E-state index contributed by atoms with van der Waals surface area (Å²) < 4.78 is 49.0. The van der Waals surface area contributed by atoms with Gasteiger partial charge in [0.25, 0.3) is 5.91 Å². The van der Waals surface area contributed by atoms with Crippen LogP contribution in [0.1, 0.15) is 67.2 Å². The average molecular weight is 526 g/mol. The number of nitrogens with zero attached hydrogens (tertiary/aromatic N) is 2. The van der Waals surface area contributed by atoms with Gasteiger partial charge in [-0.2, -0.15) is 0 Å². The Bertz CT molecular complexity index is 1390. The number of pyridine rings is 1. The summed E-state index contributed by atoms with van der Waals surface area (Å²) in [5.41, 5.74) is 1.85. The fraction of sp³-hybridized carbons (Fsp3) is 0.357. The highest BCUT2D eigenvalue weighted by Gasteiger charge is 2.37. The second-order valence-corrected chi connectivity index (χ2v) is 11.5. The van der Waals surface area contributed by atoms with E-state index in [0.29, 0.717) is 29.7 Å². The molecule has 9 heteroatoms. The van der Waals surface area contributed by atoms with Gasteiger partial charge < -0.3 is 9.64 Å². The standard InChI is InChI=1S/C28H32FN3O4S/c1-5-19-10-12-23(13-11-19)37(34,35)31-25-16-28(3,4)36-26-24(25)15-21(17-30-26)27(33)32(6-2)18-20-8-7-9-22(29)14-20/h7-15,17,25,31H,5-6,16,18H2,1-4H3/t25-/m0/s1. The lowest BCUT2D eigenvalue weighted by molar-refractivity contribution is 0.0637. The first kappa shape index (κ1) is 26.8. The summed E-state index contributed by atoms with van der Waals surface area (Å²) in [7, 11) is -3.84. The molecular weight excluding hydrogens is 493 g/mol. The van der Waals surface area contributed by atoms with Crippen molar-refractivity contribution >= 4 is 15.9 Å². The number of nitrogens with one attached hydrogen (secondary N) is 1. The van der Waals surface area contributed by atoms with Crippen molar-refractivity contribution in [2.45, 2.75) is 63.6 Å². The monoisotopic (exact) mass is 525 g/mol. The molecule has 1 aliphatic rings. The number of halogens is 1. The molecule has 1 aromatic heterocycles. The minimum Gasteiger partial charge on any atom is -0.471 e. The minimum absolute atomic E-state index is 0.169. The molecule has 196 valence electrons. The predicted octanol–water partition coefficient (Wildman–Crippen LogP) is 5.03. The maximum Gasteiger partial charge on any atom is 0.255 e. The predicted molar refractivity (Wildman–Crippen MR) is 139 cm³/mol. The lowest BCUT2D eigenvalue weighted by atomic mass is 9.91. The first-order valence-electron chi connectivity index (χ1n) is 12.4. The van der Waals surface area contributed by atoms with Gasteiger partial charge in [-0.15, -0.1) is 0 Å². The third-order valence-electron chi connectivity index (χ3n) is 6.44. The Morgan fingerprint density at radius 3 is 2.51 bits per heavy atom. The third-order valence-corrected chi connectivity index (χ3v) is 7.93. The Kier molecular flexibility index (Phi) is 7.66. The Hall–Kier alpha value is -3.30. The van der Waals surface area contributed by atoms with Gasteiger partial charge >= 0.3 is 0 Å². The van der Waals surface area contributed by atoms with E-state index in [1.54, 1.807) is 47.4 Å². The van der Waals surface area contributed by atoms with Crippen LogP contribution in [-0.4, -0.2) is 36.4 Å². The Balaban J connectivity index is 1.63. The van der Waals surface area contributed by atoms with Gasteiger partial charge in [-0.3, -0.25) is 4.79 Å². The van der Waals surface area contributed by atoms with Crippen LogP contribution in [0.2, 0.25) is 0 Å². The molecule has 1 N–H and O–H groups in total. The molecule has 0 saturated heterocycles. The van der Waals surface area contributed by atoms with Crippen molar-refractivity contribution in [3.63, 3.8) is 0 Å². The third kappa shape index (κ3) is 6.17. The van der Waals surface area contributed by atoms with Crippen molar-refractivity contribution in [1.82, 2.24) is 14.6 Å². The van der Waals surface area contributed by atoms with Crippen LogP contribution in [-0.2, 0) is 23.0 Å². The molecule has 3 aromatic rings. The zero-order valence-corrected chi connectivity index (χ0v) is 22.3. The first-order chi connectivity index (χ1) is 17.5. The van der Waals surface area contributed by atoms with Gasteiger partial charge in [-0.25, -0.2) is 22.5 Å². The molecule has 7 nitrogen and oxygen atoms in total. The average Bonchev–Trinajstić information content (AvgIpc) is 2.86. The zero-order chi connectivity index (χ0) is 26.8. The molecule has 1 amide bonds. The quantitative estimate of drug-likeness (QED) is 0.446. The maximum atomic E-state index is 13.7. The van der Waals surface area contributed by atoms with E-state index in [-0.39, 0.29) is 29.0 Å². The van der Waals surface area contributed by atoms with Crippen molar-refractivity contribution in [3.8, 4) is 5.88 Å². The summed E-state index contributed by atoms with van der Waals surface area (Å²) in [6.07, 6.45) is 2.60. The Labute approximate surface area is 217 Å². The molecule has 0 unspecified atom stereocenters. The number of amides is 1. The maximum absolute atomic E-state index is 13.7. The molecule has 37 heavy (non-hydrogen) atoms. The largest absolute Gasteiger partial charge is 0.471 e. The summed E-state index contributed by atoms with van der Waals surface area (Å²) in [5, 5.41) is 0. The zero-order valence-electron chi connectivity index (χ0n) is 21.5. The van der Waals surface area contributed by atoms with E-state index in [0.717, 1.165) is 12.0 Å². The number of rotatable bonds is 8. The van der Waals surface area contributed by atoms with Crippen LogP contribution in [0.15, 0.2) is 65.7 Å². The summed E-state index contributed by atoms with van der Waals surface area (Å²) in [6, 6.07) is 13.9. The number of sulfonamides is 1.